The van der Waals surface area contributed by atoms with E-state index >= 15 is 0 Å². The molecule has 2 N–H and O–H groups in total. The lowest BCUT2D eigenvalue weighted by Gasteiger charge is -2.33. The lowest BCUT2D eigenvalue weighted by Crippen LogP contribution is -2.42. The zero-order valence-electron chi connectivity index (χ0n) is 12.5. The molecule has 0 bridgehead atoms. The van der Waals surface area contributed by atoms with Crippen molar-refractivity contribution in [3.05, 3.63) is 35.9 Å². The SMILES string of the molecule is CC(N)C1CCN(C(=O)c2cc(F)cc3nccnc23)CC1. The molecule has 1 unspecified atom stereocenters. The van der Waals surface area contributed by atoms with Crippen molar-refractivity contribution in [2.45, 2.75) is 25.8 Å². The molecule has 2 aromatic rings. The van der Waals surface area contributed by atoms with Crippen LogP contribution >= 0.6 is 0 Å². The Morgan fingerprint density at radius 2 is 2.00 bits per heavy atom. The normalized spacial score (nSPS) is 17.7. The number of hydrogen-bond acceptors (Lipinski definition) is 4. The van der Waals surface area contributed by atoms with Gasteiger partial charge in [-0.15, -0.1) is 0 Å². The molecule has 0 radical (unpaired) electrons. The van der Waals surface area contributed by atoms with Crippen molar-refractivity contribution in [2.75, 3.05) is 13.1 Å². The highest BCUT2D eigenvalue weighted by molar-refractivity contribution is 6.04. The maximum atomic E-state index is 13.7. The monoisotopic (exact) mass is 302 g/mol. The summed E-state index contributed by atoms with van der Waals surface area (Å²) in [5.41, 5.74) is 7.05. The Bertz CT molecular complexity index is 696. The van der Waals surface area contributed by atoms with Crippen molar-refractivity contribution >= 4 is 16.9 Å². The standard InChI is InChI=1S/C16H19FN4O/c1-10(18)11-2-6-21(7-3-11)16(22)13-8-12(17)9-14-15(13)20-5-4-19-14/h4-5,8-11H,2-3,6-7,18H2,1H3. The number of benzene rings is 1. The molecular weight excluding hydrogens is 283 g/mol. The lowest BCUT2D eigenvalue weighted by atomic mass is 9.90. The van der Waals surface area contributed by atoms with Crippen LogP contribution < -0.4 is 5.73 Å². The first-order valence-corrected chi connectivity index (χ1v) is 7.51. The molecule has 1 fully saturated rings. The van der Waals surface area contributed by atoms with E-state index in [4.69, 9.17) is 5.73 Å². The molecule has 0 saturated carbocycles. The molecule has 116 valence electrons. The summed E-state index contributed by atoms with van der Waals surface area (Å²) in [7, 11) is 0. The van der Waals surface area contributed by atoms with Gasteiger partial charge in [0.15, 0.2) is 0 Å². The fourth-order valence-corrected chi connectivity index (χ4v) is 3.00. The maximum Gasteiger partial charge on any atom is 0.256 e. The van der Waals surface area contributed by atoms with Crippen molar-refractivity contribution in [1.82, 2.24) is 14.9 Å². The second-order valence-corrected chi connectivity index (χ2v) is 5.87. The number of likely N-dealkylation sites (tertiary alicyclic amines) is 1. The molecule has 1 amide bonds. The summed E-state index contributed by atoms with van der Waals surface area (Å²) >= 11 is 0. The summed E-state index contributed by atoms with van der Waals surface area (Å²) in [5, 5.41) is 0. The molecular formula is C16H19FN4O. The Morgan fingerprint density at radius 3 is 2.68 bits per heavy atom. The van der Waals surface area contributed by atoms with Crippen LogP contribution in [-0.2, 0) is 0 Å². The second-order valence-electron chi connectivity index (χ2n) is 5.87. The summed E-state index contributed by atoms with van der Waals surface area (Å²) < 4.78 is 13.7. The largest absolute Gasteiger partial charge is 0.339 e. The Balaban J connectivity index is 1.87. The minimum absolute atomic E-state index is 0.137. The predicted molar refractivity (Wildman–Crippen MR) is 81.8 cm³/mol. The third kappa shape index (κ3) is 2.78. The van der Waals surface area contributed by atoms with Crippen LogP contribution in [-0.4, -0.2) is 39.9 Å². The van der Waals surface area contributed by atoms with Gasteiger partial charge >= 0.3 is 0 Å². The summed E-state index contributed by atoms with van der Waals surface area (Å²) in [4.78, 5) is 22.7. The van der Waals surface area contributed by atoms with Crippen LogP contribution in [0.15, 0.2) is 24.5 Å². The van der Waals surface area contributed by atoms with Crippen LogP contribution in [0.5, 0.6) is 0 Å². The van der Waals surface area contributed by atoms with Gasteiger partial charge in [-0.25, -0.2) is 4.39 Å². The molecule has 0 spiro atoms. The van der Waals surface area contributed by atoms with Gasteiger partial charge in [0.1, 0.15) is 11.3 Å². The highest BCUT2D eigenvalue weighted by atomic mass is 19.1. The van der Waals surface area contributed by atoms with E-state index in [0.717, 1.165) is 12.8 Å². The van der Waals surface area contributed by atoms with Gasteiger partial charge in [-0.05, 0) is 31.7 Å². The van der Waals surface area contributed by atoms with Gasteiger partial charge in [-0.3, -0.25) is 14.8 Å². The number of amides is 1. The molecule has 1 aliphatic heterocycles. The fraction of sp³-hybridized carbons (Fsp3) is 0.438. The van der Waals surface area contributed by atoms with E-state index in [2.05, 4.69) is 9.97 Å². The molecule has 1 saturated heterocycles. The van der Waals surface area contributed by atoms with Crippen molar-refractivity contribution in [2.24, 2.45) is 11.7 Å². The molecule has 1 aromatic carbocycles. The number of nitrogens with zero attached hydrogens (tertiary/aromatic N) is 3. The van der Waals surface area contributed by atoms with Gasteiger partial charge in [0.2, 0.25) is 0 Å². The van der Waals surface area contributed by atoms with Crippen LogP contribution in [0.3, 0.4) is 0 Å². The first-order valence-electron chi connectivity index (χ1n) is 7.51. The average Bonchev–Trinajstić information content (AvgIpc) is 2.53. The van der Waals surface area contributed by atoms with E-state index in [9.17, 15) is 9.18 Å². The topological polar surface area (TPSA) is 72.1 Å². The third-order valence-electron chi connectivity index (χ3n) is 4.34. The number of fused-ring (bicyclic) bond motifs is 1. The van der Waals surface area contributed by atoms with Crippen LogP contribution in [0.4, 0.5) is 4.39 Å². The zero-order chi connectivity index (χ0) is 15.7. The molecule has 22 heavy (non-hydrogen) atoms. The highest BCUT2D eigenvalue weighted by Gasteiger charge is 2.27. The molecule has 0 aliphatic carbocycles. The van der Waals surface area contributed by atoms with Crippen LogP contribution in [0.25, 0.3) is 11.0 Å². The molecule has 6 heteroatoms. The van der Waals surface area contributed by atoms with Gasteiger partial charge in [-0.2, -0.15) is 0 Å². The lowest BCUT2D eigenvalue weighted by molar-refractivity contribution is 0.0682. The van der Waals surface area contributed by atoms with Gasteiger partial charge in [0.25, 0.3) is 5.91 Å². The van der Waals surface area contributed by atoms with E-state index in [1.54, 1.807) is 4.90 Å². The summed E-state index contributed by atoms with van der Waals surface area (Å²) in [5.74, 6) is -0.219. The molecule has 1 aromatic heterocycles. The smallest absolute Gasteiger partial charge is 0.256 e. The quantitative estimate of drug-likeness (QED) is 0.920. The van der Waals surface area contributed by atoms with E-state index in [0.29, 0.717) is 30.0 Å². The molecule has 1 atom stereocenters. The van der Waals surface area contributed by atoms with E-state index in [1.165, 1.54) is 24.5 Å². The second kappa shape index (κ2) is 5.96. The van der Waals surface area contributed by atoms with Gasteiger partial charge in [-0.1, -0.05) is 0 Å². The average molecular weight is 302 g/mol. The molecule has 2 heterocycles. The molecule has 5 nitrogen and oxygen atoms in total. The highest BCUT2D eigenvalue weighted by Crippen LogP contribution is 2.23. The molecule has 1 aliphatic rings. The van der Waals surface area contributed by atoms with Gasteiger partial charge < -0.3 is 10.6 Å². The van der Waals surface area contributed by atoms with Crippen molar-refractivity contribution in [1.29, 1.82) is 0 Å². The Kier molecular flexibility index (Phi) is 4.02. The number of rotatable bonds is 2. The number of nitrogens with two attached hydrogens (primary N) is 1. The van der Waals surface area contributed by atoms with Crippen LogP contribution in [0.2, 0.25) is 0 Å². The minimum Gasteiger partial charge on any atom is -0.339 e. The van der Waals surface area contributed by atoms with Crippen LogP contribution in [0.1, 0.15) is 30.1 Å². The Labute approximate surface area is 128 Å². The first-order chi connectivity index (χ1) is 10.6. The molecule has 3 rings (SSSR count). The van der Waals surface area contributed by atoms with Crippen molar-refractivity contribution < 1.29 is 9.18 Å². The zero-order valence-corrected chi connectivity index (χ0v) is 12.5. The van der Waals surface area contributed by atoms with E-state index < -0.39 is 5.82 Å². The number of piperidine rings is 1. The minimum atomic E-state index is -0.471. The van der Waals surface area contributed by atoms with Crippen molar-refractivity contribution in [3.63, 3.8) is 0 Å². The number of carbonyl (C=O) groups excluding carboxylic acids is 1. The van der Waals surface area contributed by atoms with Gasteiger partial charge in [0, 0.05) is 37.6 Å². The number of aromatic nitrogens is 2. The predicted octanol–water partition coefficient (Wildman–Crippen LogP) is 1.97. The Hall–Kier alpha value is -2.08. The van der Waals surface area contributed by atoms with E-state index in [1.807, 2.05) is 6.92 Å². The number of carbonyl (C=O) groups is 1. The number of halogens is 1. The first kappa shape index (κ1) is 14.8. The summed E-state index contributed by atoms with van der Waals surface area (Å²) in [6.07, 6.45) is 4.76. The third-order valence-corrected chi connectivity index (χ3v) is 4.34. The van der Waals surface area contributed by atoms with Crippen molar-refractivity contribution in [3.8, 4) is 0 Å². The van der Waals surface area contributed by atoms with Gasteiger partial charge in [0.05, 0.1) is 11.1 Å². The summed E-state index contributed by atoms with van der Waals surface area (Å²) in [6, 6.07) is 2.68. The van der Waals surface area contributed by atoms with Crippen LogP contribution in [0, 0.1) is 11.7 Å². The summed E-state index contributed by atoms with van der Waals surface area (Å²) in [6.45, 7) is 3.28. The Morgan fingerprint density at radius 1 is 1.32 bits per heavy atom. The fourth-order valence-electron chi connectivity index (χ4n) is 3.00. The number of hydrogen-bond donors (Lipinski definition) is 1. The maximum absolute atomic E-state index is 13.7. The van der Waals surface area contributed by atoms with E-state index in [-0.39, 0.29) is 17.5 Å².